The third-order valence-corrected chi connectivity index (χ3v) is 8.12. The van der Waals surface area contributed by atoms with E-state index in [9.17, 15) is 14.3 Å². The number of nitrogens with one attached hydrogen (secondary N) is 1. The molecule has 10 heteroatoms. The van der Waals surface area contributed by atoms with Crippen LogP contribution in [-0.2, 0) is 15.5 Å². The number of aliphatic hydroxyl groups excluding tert-OH is 1. The second kappa shape index (κ2) is 13.5. The highest BCUT2D eigenvalue weighted by molar-refractivity contribution is 6.32. The molecule has 0 radical (unpaired) electrons. The average Bonchev–Trinajstić information content (AvgIpc) is 3.52. The van der Waals surface area contributed by atoms with Crippen LogP contribution in [0.1, 0.15) is 42.9 Å². The van der Waals surface area contributed by atoms with Crippen molar-refractivity contribution in [3.8, 4) is 16.9 Å². The highest BCUT2D eigenvalue weighted by atomic mass is 35.5. The van der Waals surface area contributed by atoms with E-state index in [1.54, 1.807) is 30.3 Å². The number of alkyl halides is 2. The summed E-state index contributed by atoms with van der Waals surface area (Å²) in [5.41, 5.74) is 1.17. The molecule has 0 bridgehead atoms. The van der Waals surface area contributed by atoms with Crippen molar-refractivity contribution in [2.75, 3.05) is 32.8 Å². The predicted molar refractivity (Wildman–Crippen MR) is 154 cm³/mol. The standard InChI is InChI=1S/C32H34ClF3N2O4/c33-27-19-23(7-12-29(27)42-26-13-17-41-18-14-26)30(39)28(20-38-15-1-2-16-38)37-31(40)32(35,36)24-8-3-21(4-9-24)22-5-10-25(34)11-6-22/h3-12,19,26,28,30,39H,1-2,13-18,20H2,(H,37,40). The molecule has 2 aliphatic rings. The Bertz CT molecular complexity index is 1340. The van der Waals surface area contributed by atoms with Gasteiger partial charge in [0.1, 0.15) is 23.8 Å². The highest BCUT2D eigenvalue weighted by Crippen LogP contribution is 2.34. The first-order valence-corrected chi connectivity index (χ1v) is 14.6. The molecule has 0 aliphatic carbocycles. The van der Waals surface area contributed by atoms with Gasteiger partial charge in [-0.3, -0.25) is 4.79 Å². The van der Waals surface area contributed by atoms with Crippen LogP contribution in [0.5, 0.6) is 5.75 Å². The van der Waals surface area contributed by atoms with Gasteiger partial charge in [-0.1, -0.05) is 54.1 Å². The fourth-order valence-electron chi connectivity index (χ4n) is 5.37. The molecule has 3 aromatic carbocycles. The summed E-state index contributed by atoms with van der Waals surface area (Å²) < 4.78 is 55.4. The number of ether oxygens (including phenoxy) is 2. The molecule has 224 valence electrons. The van der Waals surface area contributed by atoms with Crippen LogP contribution in [0.2, 0.25) is 5.02 Å². The highest BCUT2D eigenvalue weighted by Gasteiger charge is 2.43. The average molecular weight is 603 g/mol. The van der Waals surface area contributed by atoms with Gasteiger partial charge in [0.15, 0.2) is 0 Å². The van der Waals surface area contributed by atoms with Crippen LogP contribution in [0.15, 0.2) is 66.7 Å². The van der Waals surface area contributed by atoms with Gasteiger partial charge < -0.3 is 24.8 Å². The molecule has 2 unspecified atom stereocenters. The van der Waals surface area contributed by atoms with Gasteiger partial charge in [-0.2, -0.15) is 8.78 Å². The second-order valence-corrected chi connectivity index (χ2v) is 11.2. The summed E-state index contributed by atoms with van der Waals surface area (Å²) >= 11 is 6.49. The van der Waals surface area contributed by atoms with Crippen molar-refractivity contribution in [2.24, 2.45) is 0 Å². The summed E-state index contributed by atoms with van der Waals surface area (Å²) in [6.45, 7) is 2.92. The Balaban J connectivity index is 1.31. The Hall–Kier alpha value is -3.11. The number of carbonyl (C=O) groups excluding carboxylic acids is 1. The maximum Gasteiger partial charge on any atom is 0.349 e. The molecule has 2 saturated heterocycles. The molecular formula is C32H34ClF3N2O4. The first kappa shape index (κ1) is 30.4. The van der Waals surface area contributed by atoms with Crippen molar-refractivity contribution in [2.45, 2.75) is 49.9 Å². The van der Waals surface area contributed by atoms with E-state index < -0.39 is 35.4 Å². The van der Waals surface area contributed by atoms with E-state index >= 15 is 8.78 Å². The summed E-state index contributed by atoms with van der Waals surface area (Å²) in [7, 11) is 0. The van der Waals surface area contributed by atoms with Gasteiger partial charge in [0.25, 0.3) is 5.91 Å². The second-order valence-electron chi connectivity index (χ2n) is 10.8. The van der Waals surface area contributed by atoms with E-state index in [1.165, 1.54) is 36.4 Å². The Kier molecular flexibility index (Phi) is 9.73. The van der Waals surface area contributed by atoms with Crippen molar-refractivity contribution in [3.63, 3.8) is 0 Å². The number of hydrogen-bond acceptors (Lipinski definition) is 5. The topological polar surface area (TPSA) is 71.0 Å². The molecule has 42 heavy (non-hydrogen) atoms. The van der Waals surface area contributed by atoms with Crippen LogP contribution in [0.4, 0.5) is 13.2 Å². The minimum Gasteiger partial charge on any atom is -0.489 e. The third kappa shape index (κ3) is 7.26. The van der Waals surface area contributed by atoms with Gasteiger partial charge >= 0.3 is 5.92 Å². The lowest BCUT2D eigenvalue weighted by molar-refractivity contribution is -0.149. The minimum absolute atomic E-state index is 0.0267. The number of benzene rings is 3. The van der Waals surface area contributed by atoms with Crippen molar-refractivity contribution >= 4 is 17.5 Å². The molecule has 2 N–H and O–H groups in total. The summed E-state index contributed by atoms with van der Waals surface area (Å²) in [6.07, 6.45) is 2.08. The van der Waals surface area contributed by atoms with E-state index in [0.717, 1.165) is 38.8 Å². The third-order valence-electron chi connectivity index (χ3n) is 7.82. The van der Waals surface area contributed by atoms with Crippen LogP contribution in [0.25, 0.3) is 11.1 Å². The van der Waals surface area contributed by atoms with E-state index in [4.69, 9.17) is 21.1 Å². The molecule has 0 aromatic heterocycles. The monoisotopic (exact) mass is 602 g/mol. The summed E-state index contributed by atoms with van der Waals surface area (Å²) in [4.78, 5) is 15.1. The van der Waals surface area contributed by atoms with Crippen molar-refractivity contribution in [1.82, 2.24) is 10.2 Å². The van der Waals surface area contributed by atoms with Crippen molar-refractivity contribution < 1.29 is 32.5 Å². The number of aliphatic hydroxyl groups is 1. The number of halogens is 4. The number of hydrogen-bond donors (Lipinski definition) is 2. The quantitative estimate of drug-likeness (QED) is 0.293. The molecule has 2 fully saturated rings. The van der Waals surface area contributed by atoms with Gasteiger partial charge in [-0.05, 0) is 66.9 Å². The molecule has 2 heterocycles. The van der Waals surface area contributed by atoms with Crippen LogP contribution < -0.4 is 10.1 Å². The zero-order chi connectivity index (χ0) is 29.7. The Morgan fingerprint density at radius 2 is 1.64 bits per heavy atom. The molecule has 0 saturated carbocycles. The lowest BCUT2D eigenvalue weighted by Crippen LogP contribution is -2.50. The Labute approximate surface area is 248 Å². The molecule has 3 aromatic rings. The first-order valence-electron chi connectivity index (χ1n) is 14.2. The molecule has 5 rings (SSSR count). The van der Waals surface area contributed by atoms with Gasteiger partial charge in [0.2, 0.25) is 0 Å². The van der Waals surface area contributed by atoms with E-state index in [-0.39, 0.29) is 17.7 Å². The first-order chi connectivity index (χ1) is 20.2. The smallest absolute Gasteiger partial charge is 0.349 e. The maximum absolute atomic E-state index is 15.4. The fourth-order valence-corrected chi connectivity index (χ4v) is 5.61. The number of likely N-dealkylation sites (tertiary alicyclic amines) is 1. The normalized spacial score (nSPS) is 18.0. The van der Waals surface area contributed by atoms with Crippen LogP contribution >= 0.6 is 11.6 Å². The molecular weight excluding hydrogens is 569 g/mol. The fraction of sp³-hybridized carbons (Fsp3) is 0.406. The van der Waals surface area contributed by atoms with E-state index in [1.807, 2.05) is 4.90 Å². The van der Waals surface area contributed by atoms with Crippen molar-refractivity contribution in [3.05, 3.63) is 88.7 Å². The summed E-state index contributed by atoms with van der Waals surface area (Å²) in [5, 5.41) is 14.0. The Morgan fingerprint density at radius 3 is 2.26 bits per heavy atom. The number of amides is 1. The molecule has 0 spiro atoms. The number of rotatable bonds is 10. The largest absolute Gasteiger partial charge is 0.489 e. The summed E-state index contributed by atoms with van der Waals surface area (Å²) in [6, 6.07) is 14.8. The SMILES string of the molecule is O=C(NC(CN1CCCC1)C(O)c1ccc(OC2CCOCC2)c(Cl)c1)C(F)(F)c1ccc(-c2ccc(F)cc2)cc1. The Morgan fingerprint density at radius 1 is 1.02 bits per heavy atom. The van der Waals surface area contributed by atoms with E-state index in [2.05, 4.69) is 5.32 Å². The van der Waals surface area contributed by atoms with Crippen LogP contribution in [0.3, 0.4) is 0 Å². The van der Waals surface area contributed by atoms with Crippen LogP contribution in [0, 0.1) is 5.82 Å². The van der Waals surface area contributed by atoms with Gasteiger partial charge in [0, 0.05) is 24.9 Å². The van der Waals surface area contributed by atoms with E-state index in [0.29, 0.717) is 35.7 Å². The lowest BCUT2D eigenvalue weighted by Gasteiger charge is -2.30. The number of carbonyl (C=O) groups is 1. The molecule has 6 nitrogen and oxygen atoms in total. The molecule has 2 atom stereocenters. The predicted octanol–water partition coefficient (Wildman–Crippen LogP) is 6.11. The zero-order valence-electron chi connectivity index (χ0n) is 23.1. The van der Waals surface area contributed by atoms with Crippen molar-refractivity contribution in [1.29, 1.82) is 0 Å². The van der Waals surface area contributed by atoms with Gasteiger partial charge in [-0.25, -0.2) is 4.39 Å². The molecule has 2 aliphatic heterocycles. The van der Waals surface area contributed by atoms with Crippen LogP contribution in [-0.4, -0.2) is 60.9 Å². The van der Waals surface area contributed by atoms with Gasteiger partial charge in [0.05, 0.1) is 24.3 Å². The zero-order valence-corrected chi connectivity index (χ0v) is 23.8. The maximum atomic E-state index is 15.4. The summed E-state index contributed by atoms with van der Waals surface area (Å²) in [5.74, 6) is -5.30. The molecule has 1 amide bonds. The number of nitrogens with zero attached hydrogens (tertiary/aromatic N) is 1. The van der Waals surface area contributed by atoms with Gasteiger partial charge in [-0.15, -0.1) is 0 Å². The lowest BCUT2D eigenvalue weighted by atomic mass is 9.99. The minimum atomic E-state index is -3.86.